The van der Waals surface area contributed by atoms with E-state index in [4.69, 9.17) is 4.74 Å². The van der Waals surface area contributed by atoms with E-state index in [1.54, 1.807) is 22.0 Å². The van der Waals surface area contributed by atoms with Crippen LogP contribution in [0.25, 0.3) is 10.8 Å². The molecule has 2 fully saturated rings. The summed E-state index contributed by atoms with van der Waals surface area (Å²) in [6, 6.07) is 29.8. The van der Waals surface area contributed by atoms with E-state index < -0.39 is 18.3 Å². The zero-order valence-electron chi connectivity index (χ0n) is 30.0. The van der Waals surface area contributed by atoms with E-state index in [1.165, 1.54) is 0 Å². The number of rotatable bonds is 13. The summed E-state index contributed by atoms with van der Waals surface area (Å²) in [6.07, 6.45) is -0.159. The average molecular weight is 706 g/mol. The Morgan fingerprint density at radius 2 is 1.58 bits per heavy atom. The third-order valence-electron chi connectivity index (χ3n) is 9.47. The second kappa shape index (κ2) is 16.7. The summed E-state index contributed by atoms with van der Waals surface area (Å²) in [7, 11) is 3.85. The number of carbonyl (C=O) groups excluding carboxylic acids is 4. The summed E-state index contributed by atoms with van der Waals surface area (Å²) < 4.78 is 5.44. The van der Waals surface area contributed by atoms with Gasteiger partial charge in [0.15, 0.2) is 0 Å². The molecule has 2 N–H and O–H groups in total. The van der Waals surface area contributed by atoms with Gasteiger partial charge in [0, 0.05) is 39.1 Å². The van der Waals surface area contributed by atoms with Gasteiger partial charge in [0.25, 0.3) is 0 Å². The zero-order valence-corrected chi connectivity index (χ0v) is 30.0. The number of benzene rings is 4. The van der Waals surface area contributed by atoms with Crippen LogP contribution in [-0.2, 0) is 29.1 Å². The summed E-state index contributed by atoms with van der Waals surface area (Å²) >= 11 is 0. The van der Waals surface area contributed by atoms with Gasteiger partial charge in [0.1, 0.15) is 18.0 Å². The van der Waals surface area contributed by atoms with Crippen molar-refractivity contribution in [3.05, 3.63) is 114 Å². The fraction of sp³-hybridized carbons (Fsp3) is 0.350. The van der Waals surface area contributed by atoms with Crippen molar-refractivity contribution in [2.24, 2.45) is 0 Å². The maximum Gasteiger partial charge on any atom is 0.412 e. The maximum absolute atomic E-state index is 14.5. The van der Waals surface area contributed by atoms with Crippen molar-refractivity contribution < 1.29 is 23.9 Å². The Balaban J connectivity index is 1.25. The first-order chi connectivity index (χ1) is 25.2. The van der Waals surface area contributed by atoms with Crippen molar-refractivity contribution in [2.45, 2.75) is 45.1 Å². The molecule has 2 aliphatic heterocycles. The number of nitrogens with zero attached hydrogens (tertiary/aromatic N) is 5. The lowest BCUT2D eigenvalue weighted by atomic mass is 9.99. The van der Waals surface area contributed by atoms with Gasteiger partial charge in [-0.2, -0.15) is 5.01 Å². The van der Waals surface area contributed by atoms with Crippen LogP contribution in [0.2, 0.25) is 0 Å². The molecule has 0 aliphatic carbocycles. The van der Waals surface area contributed by atoms with E-state index in [0.717, 1.165) is 27.5 Å². The number of ether oxygens (including phenoxy) is 1. The number of hydrogen-bond donors (Lipinski definition) is 2. The number of amides is 5. The van der Waals surface area contributed by atoms with Crippen LogP contribution in [0, 0.1) is 0 Å². The minimum Gasteiger partial charge on any atom is -0.410 e. The highest BCUT2D eigenvalue weighted by Crippen LogP contribution is 2.31. The van der Waals surface area contributed by atoms with Gasteiger partial charge in [0.05, 0.1) is 13.1 Å². The number of piperazine rings is 1. The molecule has 2 aliphatic rings. The van der Waals surface area contributed by atoms with Crippen molar-refractivity contribution in [2.75, 3.05) is 46.8 Å². The molecule has 2 atom stereocenters. The number of nitrogens with one attached hydrogen (secondary N) is 2. The largest absolute Gasteiger partial charge is 0.412 e. The van der Waals surface area contributed by atoms with Gasteiger partial charge in [-0.1, -0.05) is 91.9 Å². The monoisotopic (exact) mass is 705 g/mol. The number of likely N-dealkylation sites (N-methyl/N-ethyl adjacent to an activating group) is 1. The smallest absolute Gasteiger partial charge is 0.410 e. The molecule has 4 aromatic rings. The molecule has 0 spiro atoms. The Morgan fingerprint density at radius 1 is 0.846 bits per heavy atom. The van der Waals surface area contributed by atoms with Crippen molar-refractivity contribution >= 4 is 34.7 Å². The molecule has 4 aromatic carbocycles. The van der Waals surface area contributed by atoms with Gasteiger partial charge in [-0.25, -0.2) is 9.59 Å². The second-order valence-electron chi connectivity index (χ2n) is 13.5. The van der Waals surface area contributed by atoms with E-state index >= 15 is 0 Å². The standard InChI is InChI=1S/C40H47N7O5/c1-4-22-45(39(50)42-25-30-11-6-5-7-12-30)46-28-37(48)47-35(24-29-17-19-33(20-18-29)52-40(51)41-21-23-43(2)3)38(49)44(27-36(46)47)26-32-15-10-14-31-13-8-9-16-34(31)32/h5-20,35-36H,4,21-28H2,1-3H3,(H,41,51)(H,42,50)/t35?,36-/m1/s1. The van der Waals surface area contributed by atoms with Crippen LogP contribution in [0.3, 0.4) is 0 Å². The number of fused-ring (bicyclic) bond motifs is 2. The summed E-state index contributed by atoms with van der Waals surface area (Å²) in [5.41, 5.74) is 2.78. The number of hydrazine groups is 1. The van der Waals surface area contributed by atoms with E-state index in [2.05, 4.69) is 28.8 Å². The predicted octanol–water partition coefficient (Wildman–Crippen LogP) is 4.45. The van der Waals surface area contributed by atoms with Crippen LogP contribution in [-0.4, -0.2) is 108 Å². The fourth-order valence-electron chi connectivity index (χ4n) is 6.89. The first-order valence-corrected chi connectivity index (χ1v) is 17.8. The lowest BCUT2D eigenvalue weighted by molar-refractivity contribution is -0.157. The molecule has 6 rings (SSSR count). The minimum absolute atomic E-state index is 0.0228. The molecule has 0 radical (unpaired) electrons. The van der Waals surface area contributed by atoms with Gasteiger partial charge in [-0.15, -0.1) is 0 Å². The Kier molecular flexibility index (Phi) is 11.7. The topological polar surface area (TPSA) is 118 Å². The Bertz CT molecular complexity index is 1860. The minimum atomic E-state index is -0.803. The predicted molar refractivity (Wildman–Crippen MR) is 199 cm³/mol. The van der Waals surface area contributed by atoms with E-state index in [1.807, 2.05) is 103 Å². The SMILES string of the molecule is CCCN(C(=O)NCc1ccccc1)N1CC(=O)N2C(Cc3ccc(OC(=O)NCCN(C)C)cc3)C(=O)N(Cc3cccc4ccccc34)C[C@@H]21. The first-order valence-electron chi connectivity index (χ1n) is 17.8. The highest BCUT2D eigenvalue weighted by molar-refractivity contribution is 5.92. The lowest BCUT2D eigenvalue weighted by Crippen LogP contribution is -2.66. The highest BCUT2D eigenvalue weighted by Gasteiger charge is 2.52. The number of carbonyl (C=O) groups is 4. The fourth-order valence-corrected chi connectivity index (χ4v) is 6.89. The Morgan fingerprint density at radius 3 is 2.33 bits per heavy atom. The van der Waals surface area contributed by atoms with E-state index in [9.17, 15) is 19.2 Å². The molecule has 2 heterocycles. The summed E-state index contributed by atoms with van der Waals surface area (Å²) in [5.74, 6) is 0.00621. The second-order valence-corrected chi connectivity index (χ2v) is 13.5. The van der Waals surface area contributed by atoms with E-state index in [-0.39, 0.29) is 37.4 Å². The molecule has 0 bridgehead atoms. The molecule has 2 saturated heterocycles. The van der Waals surface area contributed by atoms with Crippen LogP contribution in [0.1, 0.15) is 30.0 Å². The third kappa shape index (κ3) is 8.52. The highest BCUT2D eigenvalue weighted by atomic mass is 16.6. The van der Waals surface area contributed by atoms with Crippen molar-refractivity contribution in [3.8, 4) is 5.75 Å². The molecule has 272 valence electrons. The first kappa shape index (κ1) is 36.3. The van der Waals surface area contributed by atoms with Crippen LogP contribution in [0.5, 0.6) is 5.75 Å². The molecule has 1 unspecified atom stereocenters. The van der Waals surface area contributed by atoms with Gasteiger partial charge in [-0.05, 0) is 60.1 Å². The van der Waals surface area contributed by atoms with Crippen molar-refractivity contribution in [1.82, 2.24) is 35.4 Å². The van der Waals surface area contributed by atoms with E-state index in [0.29, 0.717) is 44.9 Å². The quantitative estimate of drug-likeness (QED) is 0.211. The third-order valence-corrected chi connectivity index (χ3v) is 9.47. The molecular formula is C40H47N7O5. The number of hydrogen-bond acceptors (Lipinski definition) is 7. The molecule has 52 heavy (non-hydrogen) atoms. The molecule has 12 heteroatoms. The zero-order chi connectivity index (χ0) is 36.6. The van der Waals surface area contributed by atoms with Crippen LogP contribution in [0.15, 0.2) is 97.1 Å². The number of urea groups is 1. The summed E-state index contributed by atoms with van der Waals surface area (Å²) in [6.45, 7) is 4.46. The van der Waals surface area contributed by atoms with Crippen molar-refractivity contribution in [1.29, 1.82) is 0 Å². The normalized spacial score (nSPS) is 17.4. The summed E-state index contributed by atoms with van der Waals surface area (Å²) in [5, 5.41) is 11.4. The van der Waals surface area contributed by atoms with Gasteiger partial charge >= 0.3 is 12.1 Å². The Labute approximate surface area is 304 Å². The molecule has 12 nitrogen and oxygen atoms in total. The van der Waals surface area contributed by atoms with Gasteiger partial charge < -0.3 is 30.1 Å². The Hall–Kier alpha value is -5.46. The van der Waals surface area contributed by atoms with Crippen molar-refractivity contribution in [3.63, 3.8) is 0 Å². The maximum atomic E-state index is 14.5. The average Bonchev–Trinajstić information content (AvgIpc) is 3.47. The lowest BCUT2D eigenvalue weighted by Gasteiger charge is -2.46. The molecular weight excluding hydrogens is 658 g/mol. The molecule has 0 aromatic heterocycles. The van der Waals surface area contributed by atoms with Gasteiger partial charge in [0.2, 0.25) is 11.8 Å². The van der Waals surface area contributed by atoms with Gasteiger partial charge in [-0.3, -0.25) is 14.6 Å². The molecule has 0 saturated carbocycles. The van der Waals surface area contributed by atoms with Crippen LogP contribution >= 0.6 is 0 Å². The van der Waals surface area contributed by atoms with Crippen LogP contribution in [0.4, 0.5) is 9.59 Å². The van der Waals surface area contributed by atoms with Crippen LogP contribution < -0.4 is 15.4 Å². The summed E-state index contributed by atoms with van der Waals surface area (Å²) in [4.78, 5) is 59.8. The molecule has 5 amide bonds.